The summed E-state index contributed by atoms with van der Waals surface area (Å²) in [5.74, 6) is -3.76. The summed E-state index contributed by atoms with van der Waals surface area (Å²) in [7, 11) is 0. The summed E-state index contributed by atoms with van der Waals surface area (Å²) in [6.45, 7) is 4.17. The van der Waals surface area contributed by atoms with Gasteiger partial charge < -0.3 is 109 Å². The number of ether oxygens (including phenoxy) is 9. The Morgan fingerprint density at radius 2 is 0.733 bits per heavy atom. The Kier molecular flexibility index (Phi) is 21.1. The molecule has 354 valence electrons. The number of hydrogen-bond acceptors (Lipinski definition) is 22. The fourth-order valence-electron chi connectivity index (χ4n) is 8.11. The molecule has 0 spiro atoms. The van der Waals surface area contributed by atoms with Crippen molar-refractivity contribution in [3.63, 3.8) is 0 Å². The highest BCUT2D eigenvalue weighted by Gasteiger charge is 2.49. The second-order valence-corrected chi connectivity index (χ2v) is 16.9. The van der Waals surface area contributed by atoms with Crippen LogP contribution in [0, 0.1) is 29.6 Å². The molecule has 4 aliphatic rings. The van der Waals surface area contributed by atoms with Crippen LogP contribution < -0.4 is 0 Å². The number of rotatable bonds is 22. The van der Waals surface area contributed by atoms with Crippen LogP contribution in [0.5, 0.6) is 0 Å². The van der Waals surface area contributed by atoms with Crippen molar-refractivity contribution >= 4 is 0 Å². The van der Waals surface area contributed by atoms with Crippen molar-refractivity contribution in [3.8, 4) is 0 Å². The van der Waals surface area contributed by atoms with Crippen LogP contribution in [0.1, 0.15) is 27.7 Å². The van der Waals surface area contributed by atoms with E-state index < -0.39 is 154 Å². The molecule has 0 amide bonds. The standard InChI is InChI=1S/C38H70O22/c1-16(2)28-24(12-53-7-18(4)41)58-25(35(48)36(28)49)13-55-9-20-30(43)34(47)27(60-37(20)50)15-56-10-21-31(44)33(46)26(59-38(21)51)14-54-8-19-23(11-52-6-17(3)40)57-22(5-39)32(45)29(19)42/h16-51H,5-15H2,1-4H3. The Labute approximate surface area is 349 Å². The van der Waals surface area contributed by atoms with E-state index >= 15 is 0 Å². The van der Waals surface area contributed by atoms with Crippen LogP contribution in [0.15, 0.2) is 0 Å². The molecule has 22 unspecified atom stereocenters. The minimum absolute atomic E-state index is 0.0323. The molecule has 0 aromatic heterocycles. The Morgan fingerprint density at radius 1 is 0.383 bits per heavy atom. The average Bonchev–Trinajstić information content (AvgIpc) is 3.18. The van der Waals surface area contributed by atoms with Gasteiger partial charge in [0.25, 0.3) is 0 Å². The van der Waals surface area contributed by atoms with Crippen LogP contribution in [0.3, 0.4) is 0 Å². The molecule has 0 saturated carbocycles. The van der Waals surface area contributed by atoms with Crippen LogP contribution in [-0.2, 0) is 42.6 Å². The monoisotopic (exact) mass is 878 g/mol. The van der Waals surface area contributed by atoms with Crippen molar-refractivity contribution in [2.24, 2.45) is 29.6 Å². The number of aliphatic hydroxyl groups excluding tert-OH is 13. The van der Waals surface area contributed by atoms with Crippen LogP contribution in [0.25, 0.3) is 0 Å². The molecule has 4 aliphatic heterocycles. The van der Waals surface area contributed by atoms with Gasteiger partial charge in [-0.2, -0.15) is 0 Å². The van der Waals surface area contributed by atoms with Crippen molar-refractivity contribution in [1.29, 1.82) is 0 Å². The van der Waals surface area contributed by atoms with Crippen LogP contribution in [0.2, 0.25) is 0 Å². The van der Waals surface area contributed by atoms with Crippen molar-refractivity contribution in [3.05, 3.63) is 0 Å². The molecule has 60 heavy (non-hydrogen) atoms. The summed E-state index contributed by atoms with van der Waals surface area (Å²) >= 11 is 0. The smallest absolute Gasteiger partial charge is 0.162 e. The predicted octanol–water partition coefficient (Wildman–Crippen LogP) is -6.20. The van der Waals surface area contributed by atoms with Crippen molar-refractivity contribution in [2.75, 3.05) is 72.7 Å². The summed E-state index contributed by atoms with van der Waals surface area (Å²) in [6, 6.07) is 0. The van der Waals surface area contributed by atoms with Crippen molar-refractivity contribution in [2.45, 2.75) is 138 Å². The SMILES string of the molecule is CC(O)COCC1OC(CO)C(O)C(O)C1COCC1OC(O)C(COCC2OC(O)C(COCC3OC(COCC(C)O)C(C(C)C)C(O)C3O)C(O)C2O)C(O)C1O. The molecule has 0 aromatic rings. The lowest BCUT2D eigenvalue weighted by molar-refractivity contribution is -0.294. The first-order chi connectivity index (χ1) is 28.4. The maximum atomic E-state index is 10.9. The quantitative estimate of drug-likeness (QED) is 0.0481. The normalized spacial score (nSPS) is 43.9. The molecule has 22 nitrogen and oxygen atoms in total. The Bertz CT molecular complexity index is 1200. The molecule has 0 aliphatic carbocycles. The van der Waals surface area contributed by atoms with Gasteiger partial charge in [0.05, 0.1) is 133 Å². The third kappa shape index (κ3) is 13.6. The maximum Gasteiger partial charge on any atom is 0.162 e. The highest BCUT2D eigenvalue weighted by atomic mass is 16.7. The molecule has 22 heteroatoms. The largest absolute Gasteiger partial charge is 0.394 e. The van der Waals surface area contributed by atoms with E-state index in [4.69, 9.17) is 42.6 Å². The summed E-state index contributed by atoms with van der Waals surface area (Å²) in [6.07, 6.45) is -22.5. The van der Waals surface area contributed by atoms with E-state index in [2.05, 4.69) is 0 Å². The van der Waals surface area contributed by atoms with E-state index in [0.717, 1.165) is 0 Å². The minimum atomic E-state index is -1.67. The maximum absolute atomic E-state index is 10.9. The van der Waals surface area contributed by atoms with Gasteiger partial charge in [0.1, 0.15) is 48.8 Å². The first-order valence-electron chi connectivity index (χ1n) is 20.7. The molecule has 13 N–H and O–H groups in total. The average molecular weight is 879 g/mol. The molecule has 22 atom stereocenters. The van der Waals surface area contributed by atoms with Gasteiger partial charge in [0.15, 0.2) is 12.6 Å². The zero-order chi connectivity index (χ0) is 44.4. The molecular weight excluding hydrogens is 808 g/mol. The van der Waals surface area contributed by atoms with E-state index in [0.29, 0.717) is 0 Å². The number of aliphatic hydroxyl groups is 13. The Balaban J connectivity index is 1.21. The van der Waals surface area contributed by atoms with Gasteiger partial charge in [-0.05, 0) is 19.8 Å². The second-order valence-electron chi connectivity index (χ2n) is 16.9. The zero-order valence-electron chi connectivity index (χ0n) is 34.5. The topological polar surface area (TPSA) is 346 Å². The number of hydrogen-bond donors (Lipinski definition) is 13. The van der Waals surface area contributed by atoms with Gasteiger partial charge in [-0.25, -0.2) is 0 Å². The summed E-state index contributed by atoms with van der Waals surface area (Å²) in [5, 5.41) is 136. The van der Waals surface area contributed by atoms with E-state index in [1.165, 1.54) is 6.92 Å². The molecule has 4 rings (SSSR count). The van der Waals surface area contributed by atoms with Crippen molar-refractivity contribution < 1.29 is 109 Å². The molecular formula is C38H70O22. The van der Waals surface area contributed by atoms with E-state index in [1.54, 1.807) is 6.92 Å². The fourth-order valence-corrected chi connectivity index (χ4v) is 8.11. The first kappa shape index (κ1) is 51.8. The summed E-state index contributed by atoms with van der Waals surface area (Å²) in [5.41, 5.74) is 0. The third-order valence-electron chi connectivity index (χ3n) is 11.6. The molecule has 0 radical (unpaired) electrons. The van der Waals surface area contributed by atoms with Crippen molar-refractivity contribution in [1.82, 2.24) is 0 Å². The van der Waals surface area contributed by atoms with Gasteiger partial charge in [0.2, 0.25) is 0 Å². The first-order valence-corrected chi connectivity index (χ1v) is 20.7. The zero-order valence-corrected chi connectivity index (χ0v) is 34.5. The van der Waals surface area contributed by atoms with Gasteiger partial charge in [-0.1, -0.05) is 13.8 Å². The Hall–Kier alpha value is -0.880. The third-order valence-corrected chi connectivity index (χ3v) is 11.6. The molecule has 0 aromatic carbocycles. The highest BCUT2D eigenvalue weighted by Crippen LogP contribution is 2.34. The molecule has 0 bridgehead atoms. The lowest BCUT2D eigenvalue weighted by Gasteiger charge is -2.45. The van der Waals surface area contributed by atoms with Crippen LogP contribution in [-0.4, -0.2) is 249 Å². The van der Waals surface area contributed by atoms with Gasteiger partial charge in [-0.3, -0.25) is 0 Å². The van der Waals surface area contributed by atoms with Crippen LogP contribution in [0.4, 0.5) is 0 Å². The van der Waals surface area contributed by atoms with Crippen LogP contribution >= 0.6 is 0 Å². The fraction of sp³-hybridized carbons (Fsp3) is 1.00. The second kappa shape index (κ2) is 24.4. The Morgan fingerprint density at radius 3 is 1.17 bits per heavy atom. The van der Waals surface area contributed by atoms with Gasteiger partial charge >= 0.3 is 0 Å². The lowest BCUT2D eigenvalue weighted by atomic mass is 9.79. The lowest BCUT2D eigenvalue weighted by Crippen LogP contribution is -2.59. The van der Waals surface area contributed by atoms with Gasteiger partial charge in [0, 0.05) is 11.8 Å². The summed E-state index contributed by atoms with van der Waals surface area (Å²) < 4.78 is 50.6. The molecule has 4 fully saturated rings. The van der Waals surface area contributed by atoms with E-state index in [-0.39, 0.29) is 58.8 Å². The highest BCUT2D eigenvalue weighted by molar-refractivity contribution is 4.95. The van der Waals surface area contributed by atoms with Gasteiger partial charge in [-0.15, -0.1) is 0 Å². The predicted molar refractivity (Wildman–Crippen MR) is 200 cm³/mol. The minimum Gasteiger partial charge on any atom is -0.394 e. The van der Waals surface area contributed by atoms with E-state index in [9.17, 15) is 66.4 Å². The molecule has 4 heterocycles. The van der Waals surface area contributed by atoms with E-state index in [1.807, 2.05) is 13.8 Å². The molecule has 4 saturated heterocycles. The summed E-state index contributed by atoms with van der Waals surface area (Å²) in [4.78, 5) is 0.